The van der Waals surface area contributed by atoms with Crippen LogP contribution in [0.5, 0.6) is 0 Å². The van der Waals surface area contributed by atoms with Crippen molar-refractivity contribution in [2.45, 2.75) is 19.8 Å². The highest BCUT2D eigenvalue weighted by Crippen LogP contribution is 2.13. The molecule has 0 radical (unpaired) electrons. The minimum absolute atomic E-state index is 0.194. The zero-order valence-electron chi connectivity index (χ0n) is 9.20. The molecular formula is C11H16BrNO3. The van der Waals surface area contributed by atoms with Gasteiger partial charge in [0.05, 0.1) is 0 Å². The van der Waals surface area contributed by atoms with Crippen LogP contribution in [0.3, 0.4) is 0 Å². The van der Waals surface area contributed by atoms with Gasteiger partial charge in [-0.05, 0) is 46.8 Å². The first-order chi connectivity index (χ1) is 7.63. The first-order valence-corrected chi connectivity index (χ1v) is 6.07. The van der Waals surface area contributed by atoms with Gasteiger partial charge < -0.3 is 14.8 Å². The lowest BCUT2D eigenvalue weighted by molar-refractivity contribution is 0.0923. The predicted molar refractivity (Wildman–Crippen MR) is 64.2 cm³/mol. The fraction of sp³-hybridized carbons (Fsp3) is 0.545. The van der Waals surface area contributed by atoms with Gasteiger partial charge in [0.1, 0.15) is 0 Å². The summed E-state index contributed by atoms with van der Waals surface area (Å²) in [4.78, 5) is 11.5. The van der Waals surface area contributed by atoms with Crippen LogP contribution in [-0.2, 0) is 0 Å². The molecule has 2 N–H and O–H groups in total. The van der Waals surface area contributed by atoms with E-state index < -0.39 is 0 Å². The number of nitrogens with one attached hydrogen (secondary N) is 1. The number of carbonyl (C=O) groups excluding carboxylic acids is 1. The number of amides is 1. The van der Waals surface area contributed by atoms with Crippen LogP contribution in [0.15, 0.2) is 21.2 Å². The Balaban J connectivity index is 2.21. The van der Waals surface area contributed by atoms with Crippen LogP contribution in [-0.4, -0.2) is 24.2 Å². The van der Waals surface area contributed by atoms with E-state index in [2.05, 4.69) is 21.2 Å². The molecule has 0 saturated carbocycles. The van der Waals surface area contributed by atoms with Crippen molar-refractivity contribution in [2.75, 3.05) is 13.2 Å². The normalized spacial score (nSPS) is 12.4. The largest absolute Gasteiger partial charge is 0.444 e. The lowest BCUT2D eigenvalue weighted by Gasteiger charge is -2.07. The third-order valence-electron chi connectivity index (χ3n) is 2.27. The SMILES string of the molecule is CC(CO)CCCNC(=O)c1ccc(Br)o1. The Labute approximate surface area is 103 Å². The van der Waals surface area contributed by atoms with Gasteiger partial charge in [0, 0.05) is 13.2 Å². The number of hydrogen-bond donors (Lipinski definition) is 2. The topological polar surface area (TPSA) is 62.5 Å². The molecule has 0 spiro atoms. The summed E-state index contributed by atoms with van der Waals surface area (Å²) in [5.74, 6) is 0.388. The van der Waals surface area contributed by atoms with Crippen molar-refractivity contribution in [1.82, 2.24) is 5.32 Å². The van der Waals surface area contributed by atoms with Crippen molar-refractivity contribution in [3.63, 3.8) is 0 Å². The molecule has 0 bridgehead atoms. The maximum atomic E-state index is 11.5. The maximum absolute atomic E-state index is 11.5. The number of halogens is 1. The lowest BCUT2D eigenvalue weighted by atomic mass is 10.1. The van der Waals surface area contributed by atoms with E-state index in [1.54, 1.807) is 12.1 Å². The van der Waals surface area contributed by atoms with E-state index in [1.807, 2.05) is 6.92 Å². The Morgan fingerprint density at radius 3 is 2.94 bits per heavy atom. The van der Waals surface area contributed by atoms with Gasteiger partial charge in [-0.2, -0.15) is 0 Å². The Morgan fingerprint density at radius 1 is 1.62 bits per heavy atom. The van der Waals surface area contributed by atoms with E-state index in [-0.39, 0.29) is 18.4 Å². The summed E-state index contributed by atoms with van der Waals surface area (Å²) in [6, 6.07) is 3.30. The number of hydrogen-bond acceptors (Lipinski definition) is 3. The molecule has 1 amide bonds. The molecule has 0 saturated heterocycles. The standard InChI is InChI=1S/C11H16BrNO3/c1-8(7-14)3-2-6-13-11(15)9-4-5-10(12)16-9/h4-5,8,14H,2-3,6-7H2,1H3,(H,13,15). The Hall–Kier alpha value is -0.810. The van der Waals surface area contributed by atoms with Crippen LogP contribution in [0.4, 0.5) is 0 Å². The fourth-order valence-electron chi connectivity index (χ4n) is 1.27. The van der Waals surface area contributed by atoms with E-state index in [1.165, 1.54) is 0 Å². The van der Waals surface area contributed by atoms with Gasteiger partial charge in [-0.15, -0.1) is 0 Å². The predicted octanol–water partition coefficient (Wildman–Crippen LogP) is 2.18. The molecule has 1 heterocycles. The second kappa shape index (κ2) is 6.70. The molecule has 90 valence electrons. The Kier molecular flexibility index (Phi) is 5.55. The molecule has 0 aromatic carbocycles. The first kappa shape index (κ1) is 13.3. The first-order valence-electron chi connectivity index (χ1n) is 5.28. The molecule has 0 aliphatic carbocycles. The Morgan fingerprint density at radius 2 is 2.38 bits per heavy atom. The van der Waals surface area contributed by atoms with Gasteiger partial charge >= 0.3 is 0 Å². The molecule has 16 heavy (non-hydrogen) atoms. The van der Waals surface area contributed by atoms with Crippen molar-refractivity contribution in [1.29, 1.82) is 0 Å². The number of furan rings is 1. The average Bonchev–Trinajstić information content (AvgIpc) is 2.70. The van der Waals surface area contributed by atoms with Gasteiger partial charge in [-0.3, -0.25) is 4.79 Å². The lowest BCUT2D eigenvalue weighted by Crippen LogP contribution is -2.24. The molecule has 1 atom stereocenters. The second-order valence-corrected chi connectivity index (χ2v) is 4.57. The molecule has 1 unspecified atom stereocenters. The monoisotopic (exact) mass is 289 g/mol. The van der Waals surface area contributed by atoms with Crippen LogP contribution in [0.2, 0.25) is 0 Å². The van der Waals surface area contributed by atoms with E-state index in [4.69, 9.17) is 9.52 Å². The zero-order chi connectivity index (χ0) is 12.0. The van der Waals surface area contributed by atoms with Crippen molar-refractivity contribution in [3.8, 4) is 0 Å². The highest BCUT2D eigenvalue weighted by molar-refractivity contribution is 9.10. The van der Waals surface area contributed by atoms with Crippen LogP contribution in [0, 0.1) is 5.92 Å². The zero-order valence-corrected chi connectivity index (χ0v) is 10.8. The molecule has 0 fully saturated rings. The summed E-state index contributed by atoms with van der Waals surface area (Å²) < 4.78 is 5.66. The summed E-state index contributed by atoms with van der Waals surface area (Å²) in [6.45, 7) is 2.77. The Bertz CT molecular complexity index is 338. The molecule has 4 nitrogen and oxygen atoms in total. The van der Waals surface area contributed by atoms with Gasteiger partial charge in [-0.25, -0.2) is 0 Å². The highest BCUT2D eigenvalue weighted by atomic mass is 79.9. The number of aliphatic hydroxyl groups excluding tert-OH is 1. The summed E-state index contributed by atoms with van der Waals surface area (Å²) in [5.41, 5.74) is 0. The van der Waals surface area contributed by atoms with Gasteiger partial charge in [0.15, 0.2) is 10.4 Å². The molecule has 0 aliphatic heterocycles. The van der Waals surface area contributed by atoms with Crippen molar-refractivity contribution in [2.24, 2.45) is 5.92 Å². The van der Waals surface area contributed by atoms with E-state index in [9.17, 15) is 4.79 Å². The van der Waals surface area contributed by atoms with Crippen molar-refractivity contribution < 1.29 is 14.3 Å². The van der Waals surface area contributed by atoms with Crippen LogP contribution >= 0.6 is 15.9 Å². The molecule has 5 heteroatoms. The summed E-state index contributed by atoms with van der Waals surface area (Å²) in [6.07, 6.45) is 1.76. The van der Waals surface area contributed by atoms with Crippen LogP contribution in [0.1, 0.15) is 30.3 Å². The third-order valence-corrected chi connectivity index (χ3v) is 2.69. The van der Waals surface area contributed by atoms with E-state index in [0.29, 0.717) is 17.0 Å². The fourth-order valence-corrected chi connectivity index (χ4v) is 1.57. The van der Waals surface area contributed by atoms with Crippen molar-refractivity contribution >= 4 is 21.8 Å². The van der Waals surface area contributed by atoms with Crippen LogP contribution in [0.25, 0.3) is 0 Å². The summed E-state index contributed by atoms with van der Waals surface area (Å²) in [5, 5.41) is 11.6. The van der Waals surface area contributed by atoms with E-state index in [0.717, 1.165) is 12.8 Å². The van der Waals surface area contributed by atoms with E-state index >= 15 is 0 Å². The van der Waals surface area contributed by atoms with Gasteiger partial charge in [-0.1, -0.05) is 6.92 Å². The van der Waals surface area contributed by atoms with Crippen molar-refractivity contribution in [3.05, 3.63) is 22.6 Å². The molecular weight excluding hydrogens is 274 g/mol. The molecule has 1 aromatic heterocycles. The maximum Gasteiger partial charge on any atom is 0.287 e. The summed E-state index contributed by atoms with van der Waals surface area (Å²) in [7, 11) is 0. The van der Waals surface area contributed by atoms with Gasteiger partial charge in [0.2, 0.25) is 0 Å². The third kappa shape index (κ3) is 4.37. The molecule has 1 rings (SSSR count). The quantitative estimate of drug-likeness (QED) is 0.789. The molecule has 1 aromatic rings. The van der Waals surface area contributed by atoms with Gasteiger partial charge in [0.25, 0.3) is 5.91 Å². The number of rotatable bonds is 6. The highest BCUT2D eigenvalue weighted by Gasteiger charge is 2.09. The van der Waals surface area contributed by atoms with Crippen LogP contribution < -0.4 is 5.32 Å². The second-order valence-electron chi connectivity index (χ2n) is 3.79. The molecule has 0 aliphatic rings. The summed E-state index contributed by atoms with van der Waals surface area (Å²) >= 11 is 3.14. The average molecular weight is 290 g/mol. The number of aliphatic hydroxyl groups is 1. The minimum atomic E-state index is -0.206. The minimum Gasteiger partial charge on any atom is -0.444 e. The number of carbonyl (C=O) groups is 1. The smallest absolute Gasteiger partial charge is 0.287 e.